The summed E-state index contributed by atoms with van der Waals surface area (Å²) in [6.45, 7) is 5.92. The number of hydrogen-bond donors (Lipinski definition) is 1. The van der Waals surface area contributed by atoms with Gasteiger partial charge >= 0.3 is 0 Å². The normalized spacial score (nSPS) is 19.0. The molecule has 2 aliphatic rings. The number of rotatable bonds is 5. The van der Waals surface area contributed by atoms with Crippen molar-refractivity contribution in [2.24, 2.45) is 5.41 Å². The summed E-state index contributed by atoms with van der Waals surface area (Å²) in [5.74, 6) is 0. The second-order valence-corrected chi connectivity index (χ2v) is 6.95. The van der Waals surface area contributed by atoms with Crippen LogP contribution in [-0.2, 0) is 19.3 Å². The van der Waals surface area contributed by atoms with E-state index in [2.05, 4.69) is 37.4 Å². The van der Waals surface area contributed by atoms with E-state index in [9.17, 15) is 0 Å². The molecular weight excluding hydrogens is 218 g/mol. The second-order valence-electron chi connectivity index (χ2n) is 6.95. The number of hydrogen-bond acceptors (Lipinski definition) is 1. The van der Waals surface area contributed by atoms with Gasteiger partial charge in [0.2, 0.25) is 0 Å². The molecule has 2 aliphatic carbocycles. The molecule has 0 heterocycles. The lowest BCUT2D eigenvalue weighted by Gasteiger charge is -2.25. The molecule has 1 saturated carbocycles. The van der Waals surface area contributed by atoms with Crippen molar-refractivity contribution in [2.75, 3.05) is 6.54 Å². The molecule has 18 heavy (non-hydrogen) atoms. The van der Waals surface area contributed by atoms with Gasteiger partial charge in [-0.1, -0.05) is 32.0 Å². The van der Waals surface area contributed by atoms with Crippen molar-refractivity contribution < 1.29 is 0 Å². The van der Waals surface area contributed by atoms with E-state index in [-0.39, 0.29) is 0 Å². The maximum Gasteiger partial charge on any atom is 0.00684 e. The Balaban J connectivity index is 1.63. The molecular formula is C17H25N. The summed E-state index contributed by atoms with van der Waals surface area (Å²) in [7, 11) is 0. The minimum absolute atomic E-state index is 0.370. The first-order chi connectivity index (χ1) is 8.62. The summed E-state index contributed by atoms with van der Waals surface area (Å²) in [4.78, 5) is 0. The molecule has 0 aliphatic heterocycles. The number of aryl methyl sites for hydroxylation is 2. The van der Waals surface area contributed by atoms with Crippen molar-refractivity contribution in [3.05, 3.63) is 34.9 Å². The Hall–Kier alpha value is -0.820. The molecule has 1 N–H and O–H groups in total. The van der Waals surface area contributed by atoms with E-state index in [1.807, 2.05) is 0 Å². The predicted molar refractivity (Wildman–Crippen MR) is 77.0 cm³/mol. The number of benzene rings is 1. The molecule has 1 heteroatoms. The third-order valence-electron chi connectivity index (χ3n) is 4.29. The van der Waals surface area contributed by atoms with Crippen LogP contribution in [0.3, 0.4) is 0 Å². The Labute approximate surface area is 111 Å². The minimum atomic E-state index is 0.370. The molecule has 0 atom stereocenters. The van der Waals surface area contributed by atoms with Crippen LogP contribution < -0.4 is 5.32 Å². The van der Waals surface area contributed by atoms with Crippen molar-refractivity contribution in [3.63, 3.8) is 0 Å². The van der Waals surface area contributed by atoms with E-state index < -0.39 is 0 Å². The van der Waals surface area contributed by atoms with Gasteiger partial charge in [-0.25, -0.2) is 0 Å². The fourth-order valence-corrected chi connectivity index (χ4v) is 3.06. The monoisotopic (exact) mass is 243 g/mol. The Kier molecular flexibility index (Phi) is 3.19. The fourth-order valence-electron chi connectivity index (χ4n) is 3.06. The third kappa shape index (κ3) is 2.95. The highest BCUT2D eigenvalue weighted by molar-refractivity contribution is 5.35. The first-order valence-electron chi connectivity index (χ1n) is 7.46. The van der Waals surface area contributed by atoms with Gasteiger partial charge in [0.1, 0.15) is 0 Å². The number of nitrogens with one attached hydrogen (secondary N) is 1. The van der Waals surface area contributed by atoms with Gasteiger partial charge < -0.3 is 5.32 Å². The van der Waals surface area contributed by atoms with Crippen molar-refractivity contribution in [1.29, 1.82) is 0 Å². The molecule has 0 unspecified atom stereocenters. The van der Waals surface area contributed by atoms with Crippen LogP contribution in [0.5, 0.6) is 0 Å². The van der Waals surface area contributed by atoms with Gasteiger partial charge in [0, 0.05) is 12.6 Å². The first-order valence-corrected chi connectivity index (χ1v) is 7.46. The van der Waals surface area contributed by atoms with Crippen LogP contribution in [0.25, 0.3) is 0 Å². The predicted octanol–water partition coefficient (Wildman–Crippen LogP) is 3.50. The molecule has 1 nitrogen and oxygen atoms in total. The lowest BCUT2D eigenvalue weighted by Crippen LogP contribution is -2.32. The van der Waals surface area contributed by atoms with Crippen LogP contribution in [0.4, 0.5) is 0 Å². The summed E-state index contributed by atoms with van der Waals surface area (Å²) in [5, 5.41) is 3.67. The van der Waals surface area contributed by atoms with Gasteiger partial charge in [0.05, 0.1) is 0 Å². The fraction of sp³-hybridized carbons (Fsp3) is 0.647. The lowest BCUT2D eigenvalue weighted by atomic mass is 9.85. The zero-order chi connectivity index (χ0) is 12.6. The molecule has 0 bridgehead atoms. The second kappa shape index (κ2) is 4.70. The smallest absolute Gasteiger partial charge is 0.00684 e. The van der Waals surface area contributed by atoms with Crippen molar-refractivity contribution in [1.82, 2.24) is 5.32 Å². The van der Waals surface area contributed by atoms with Gasteiger partial charge in [-0.3, -0.25) is 0 Å². The van der Waals surface area contributed by atoms with Crippen LogP contribution in [0.2, 0.25) is 0 Å². The highest BCUT2D eigenvalue weighted by Crippen LogP contribution is 2.28. The maximum absolute atomic E-state index is 3.67. The highest BCUT2D eigenvalue weighted by atomic mass is 15.0. The average molecular weight is 243 g/mol. The molecule has 0 saturated heterocycles. The van der Waals surface area contributed by atoms with Gasteiger partial charge in [-0.05, 0) is 60.6 Å². The maximum atomic E-state index is 3.67. The van der Waals surface area contributed by atoms with Crippen LogP contribution in [0.15, 0.2) is 18.2 Å². The molecule has 1 aromatic rings. The van der Waals surface area contributed by atoms with Crippen LogP contribution in [-0.4, -0.2) is 12.6 Å². The summed E-state index contributed by atoms with van der Waals surface area (Å²) in [5.41, 5.74) is 5.10. The molecule has 1 fully saturated rings. The van der Waals surface area contributed by atoms with Gasteiger partial charge in [0.25, 0.3) is 0 Å². The summed E-state index contributed by atoms with van der Waals surface area (Å²) < 4.78 is 0. The van der Waals surface area contributed by atoms with Crippen LogP contribution in [0, 0.1) is 5.41 Å². The zero-order valence-corrected chi connectivity index (χ0v) is 11.8. The van der Waals surface area contributed by atoms with Crippen LogP contribution in [0.1, 0.15) is 49.8 Å². The van der Waals surface area contributed by atoms with Crippen LogP contribution >= 0.6 is 0 Å². The summed E-state index contributed by atoms with van der Waals surface area (Å²) in [6.07, 6.45) is 7.90. The third-order valence-corrected chi connectivity index (χ3v) is 4.29. The Morgan fingerprint density at radius 2 is 1.94 bits per heavy atom. The Bertz CT molecular complexity index is 429. The zero-order valence-electron chi connectivity index (χ0n) is 11.8. The molecule has 0 aromatic heterocycles. The minimum Gasteiger partial charge on any atom is -0.313 e. The van der Waals surface area contributed by atoms with E-state index in [1.165, 1.54) is 44.1 Å². The summed E-state index contributed by atoms with van der Waals surface area (Å²) >= 11 is 0. The molecule has 3 rings (SSSR count). The van der Waals surface area contributed by atoms with Gasteiger partial charge in [0.15, 0.2) is 0 Å². The van der Waals surface area contributed by atoms with Gasteiger partial charge in [-0.2, -0.15) is 0 Å². The Morgan fingerprint density at radius 3 is 2.72 bits per heavy atom. The van der Waals surface area contributed by atoms with Gasteiger partial charge in [-0.15, -0.1) is 0 Å². The average Bonchev–Trinajstić information content (AvgIpc) is 3.04. The SMILES string of the molecule is CC(C)(CNC1CC1)Cc1ccc2c(c1)CCC2. The van der Waals surface area contributed by atoms with Crippen molar-refractivity contribution in [2.45, 2.75) is 58.4 Å². The quantitative estimate of drug-likeness (QED) is 0.834. The molecule has 0 spiro atoms. The van der Waals surface area contributed by atoms with E-state index >= 15 is 0 Å². The molecule has 0 radical (unpaired) electrons. The van der Waals surface area contributed by atoms with E-state index in [1.54, 1.807) is 11.1 Å². The lowest BCUT2D eigenvalue weighted by molar-refractivity contribution is 0.337. The largest absolute Gasteiger partial charge is 0.313 e. The van der Waals surface area contributed by atoms with Crippen molar-refractivity contribution in [3.8, 4) is 0 Å². The molecule has 0 amide bonds. The molecule has 98 valence electrons. The van der Waals surface area contributed by atoms with E-state index in [4.69, 9.17) is 0 Å². The standard InChI is InChI=1S/C17H25N/c1-17(2,12-18-16-8-9-16)11-13-6-7-14-4-3-5-15(14)10-13/h6-7,10,16,18H,3-5,8-9,11-12H2,1-2H3. The van der Waals surface area contributed by atoms with E-state index in [0.717, 1.165) is 12.6 Å². The molecule has 1 aromatic carbocycles. The summed E-state index contributed by atoms with van der Waals surface area (Å²) in [6, 6.07) is 8.00. The van der Waals surface area contributed by atoms with E-state index in [0.29, 0.717) is 5.41 Å². The highest BCUT2D eigenvalue weighted by Gasteiger charge is 2.25. The first kappa shape index (κ1) is 12.2. The number of fused-ring (bicyclic) bond motifs is 1. The topological polar surface area (TPSA) is 12.0 Å². The Morgan fingerprint density at radius 1 is 1.17 bits per heavy atom. The van der Waals surface area contributed by atoms with Crippen molar-refractivity contribution >= 4 is 0 Å².